The van der Waals surface area contributed by atoms with E-state index in [1.165, 1.54) is 18.0 Å². The van der Waals surface area contributed by atoms with E-state index < -0.39 is 0 Å². The molecule has 0 aliphatic rings. The molecule has 1 N–H and O–H groups in total. The number of amides is 1. The molecule has 0 saturated heterocycles. The van der Waals surface area contributed by atoms with Gasteiger partial charge in [0, 0.05) is 30.5 Å². The largest absolute Gasteiger partial charge is 0.340 e. The van der Waals surface area contributed by atoms with Crippen LogP contribution in [0, 0.1) is 0 Å². The maximum Gasteiger partial charge on any atom is 0.258 e. The van der Waals surface area contributed by atoms with Gasteiger partial charge in [-0.3, -0.25) is 4.79 Å². The standard InChI is InChI=1S/C19H17BrN4O/c1-24(13-14-7-3-2-4-8-14)19-21-11-15(12-22-19)18(25)23-17-10-6-5-9-16(17)20/h2-12H,13H2,1H3,(H,23,25). The zero-order valence-electron chi connectivity index (χ0n) is 13.7. The SMILES string of the molecule is CN(Cc1ccccc1)c1ncc(C(=O)Nc2ccccc2Br)cn1. The van der Waals surface area contributed by atoms with Crippen molar-refractivity contribution in [2.45, 2.75) is 6.54 Å². The summed E-state index contributed by atoms with van der Waals surface area (Å²) in [6, 6.07) is 17.5. The predicted octanol–water partition coefficient (Wildman–Crippen LogP) is 4.13. The summed E-state index contributed by atoms with van der Waals surface area (Å²) in [5, 5.41) is 2.84. The molecular weight excluding hydrogens is 380 g/mol. The van der Waals surface area contributed by atoms with Crippen LogP contribution in [-0.2, 0) is 6.54 Å². The Labute approximate surface area is 154 Å². The van der Waals surface area contributed by atoms with Gasteiger partial charge in [0.15, 0.2) is 0 Å². The van der Waals surface area contributed by atoms with Crippen LogP contribution in [0.5, 0.6) is 0 Å². The molecular formula is C19H17BrN4O. The zero-order valence-corrected chi connectivity index (χ0v) is 15.3. The highest BCUT2D eigenvalue weighted by atomic mass is 79.9. The number of carbonyl (C=O) groups is 1. The molecule has 126 valence electrons. The maximum atomic E-state index is 12.3. The first-order chi connectivity index (χ1) is 12.1. The highest BCUT2D eigenvalue weighted by Crippen LogP contribution is 2.21. The minimum Gasteiger partial charge on any atom is -0.340 e. The molecule has 1 amide bonds. The Morgan fingerprint density at radius 1 is 1.04 bits per heavy atom. The number of hydrogen-bond donors (Lipinski definition) is 1. The zero-order chi connectivity index (χ0) is 17.6. The van der Waals surface area contributed by atoms with Crippen LogP contribution in [0.25, 0.3) is 0 Å². The molecule has 0 spiro atoms. The lowest BCUT2D eigenvalue weighted by molar-refractivity contribution is 0.102. The molecule has 2 aromatic carbocycles. The lowest BCUT2D eigenvalue weighted by Crippen LogP contribution is -2.20. The van der Waals surface area contributed by atoms with Gasteiger partial charge in [0.25, 0.3) is 5.91 Å². The lowest BCUT2D eigenvalue weighted by Gasteiger charge is -2.17. The highest BCUT2D eigenvalue weighted by molar-refractivity contribution is 9.10. The summed E-state index contributed by atoms with van der Waals surface area (Å²) < 4.78 is 0.823. The third-order valence-electron chi connectivity index (χ3n) is 3.63. The van der Waals surface area contributed by atoms with Gasteiger partial charge in [-0.05, 0) is 33.6 Å². The van der Waals surface area contributed by atoms with Crippen LogP contribution in [0.3, 0.4) is 0 Å². The minimum atomic E-state index is -0.246. The number of aromatic nitrogens is 2. The lowest BCUT2D eigenvalue weighted by atomic mass is 10.2. The molecule has 0 atom stereocenters. The van der Waals surface area contributed by atoms with Crippen molar-refractivity contribution in [3.8, 4) is 0 Å². The van der Waals surface area contributed by atoms with Crippen molar-refractivity contribution < 1.29 is 4.79 Å². The van der Waals surface area contributed by atoms with Gasteiger partial charge in [-0.15, -0.1) is 0 Å². The first-order valence-electron chi connectivity index (χ1n) is 7.76. The molecule has 1 heterocycles. The number of para-hydroxylation sites is 1. The van der Waals surface area contributed by atoms with Gasteiger partial charge >= 0.3 is 0 Å². The van der Waals surface area contributed by atoms with Crippen LogP contribution in [-0.4, -0.2) is 22.9 Å². The summed E-state index contributed by atoms with van der Waals surface area (Å²) in [6.07, 6.45) is 3.08. The molecule has 0 radical (unpaired) electrons. The monoisotopic (exact) mass is 396 g/mol. The number of nitrogens with zero attached hydrogens (tertiary/aromatic N) is 3. The molecule has 0 saturated carbocycles. The van der Waals surface area contributed by atoms with Crippen LogP contribution >= 0.6 is 15.9 Å². The molecule has 0 unspecified atom stereocenters. The molecule has 6 heteroatoms. The topological polar surface area (TPSA) is 58.1 Å². The van der Waals surface area contributed by atoms with E-state index in [0.717, 1.165) is 4.47 Å². The summed E-state index contributed by atoms with van der Waals surface area (Å²) in [4.78, 5) is 22.9. The number of anilines is 2. The quantitative estimate of drug-likeness (QED) is 0.704. The van der Waals surface area contributed by atoms with E-state index in [0.29, 0.717) is 23.7 Å². The Kier molecular flexibility index (Phi) is 5.40. The molecule has 3 aromatic rings. The van der Waals surface area contributed by atoms with Crippen molar-refractivity contribution in [2.75, 3.05) is 17.3 Å². The summed E-state index contributed by atoms with van der Waals surface area (Å²) in [6.45, 7) is 0.698. The van der Waals surface area contributed by atoms with Gasteiger partial charge < -0.3 is 10.2 Å². The molecule has 25 heavy (non-hydrogen) atoms. The van der Waals surface area contributed by atoms with Crippen molar-refractivity contribution in [1.82, 2.24) is 9.97 Å². The third kappa shape index (κ3) is 4.42. The fourth-order valence-corrected chi connectivity index (χ4v) is 2.70. The Morgan fingerprint density at radius 2 is 1.68 bits per heavy atom. The molecule has 0 bridgehead atoms. The van der Waals surface area contributed by atoms with Gasteiger partial charge in [0.2, 0.25) is 5.95 Å². The summed E-state index contributed by atoms with van der Waals surface area (Å²) in [5.74, 6) is 0.324. The summed E-state index contributed by atoms with van der Waals surface area (Å²) in [7, 11) is 1.92. The van der Waals surface area contributed by atoms with Crippen LogP contribution in [0.1, 0.15) is 15.9 Å². The number of rotatable bonds is 5. The van der Waals surface area contributed by atoms with Crippen molar-refractivity contribution >= 4 is 33.5 Å². The Balaban J connectivity index is 1.67. The van der Waals surface area contributed by atoms with Crippen LogP contribution in [0.15, 0.2) is 71.5 Å². The van der Waals surface area contributed by atoms with Crippen molar-refractivity contribution in [1.29, 1.82) is 0 Å². The van der Waals surface area contributed by atoms with Gasteiger partial charge in [0.05, 0.1) is 11.3 Å². The van der Waals surface area contributed by atoms with E-state index in [1.54, 1.807) is 0 Å². The van der Waals surface area contributed by atoms with Crippen molar-refractivity contribution in [3.63, 3.8) is 0 Å². The number of benzene rings is 2. The first kappa shape index (κ1) is 17.1. The average Bonchev–Trinajstić information content (AvgIpc) is 2.64. The van der Waals surface area contributed by atoms with Crippen molar-refractivity contribution in [3.05, 3.63) is 82.6 Å². The Hall–Kier alpha value is -2.73. The van der Waals surface area contributed by atoms with E-state index in [4.69, 9.17) is 0 Å². The minimum absolute atomic E-state index is 0.246. The fourth-order valence-electron chi connectivity index (χ4n) is 2.32. The molecule has 0 aliphatic heterocycles. The van der Waals surface area contributed by atoms with E-state index >= 15 is 0 Å². The fraction of sp³-hybridized carbons (Fsp3) is 0.105. The third-order valence-corrected chi connectivity index (χ3v) is 4.32. The number of nitrogens with one attached hydrogen (secondary N) is 1. The van der Waals surface area contributed by atoms with Gasteiger partial charge in [-0.2, -0.15) is 0 Å². The summed E-state index contributed by atoms with van der Waals surface area (Å²) in [5.41, 5.74) is 2.29. The molecule has 0 aliphatic carbocycles. The van der Waals surface area contributed by atoms with Crippen LogP contribution in [0.2, 0.25) is 0 Å². The second-order valence-corrected chi connectivity index (χ2v) is 6.40. The van der Waals surface area contributed by atoms with Crippen molar-refractivity contribution in [2.24, 2.45) is 0 Å². The Morgan fingerprint density at radius 3 is 2.36 bits per heavy atom. The molecule has 1 aromatic heterocycles. The van der Waals surface area contributed by atoms with E-state index in [9.17, 15) is 4.79 Å². The van der Waals surface area contributed by atoms with Crippen LogP contribution in [0.4, 0.5) is 11.6 Å². The first-order valence-corrected chi connectivity index (χ1v) is 8.56. The number of hydrogen-bond acceptors (Lipinski definition) is 4. The van der Waals surface area contributed by atoms with E-state index in [2.05, 4.69) is 43.3 Å². The van der Waals surface area contributed by atoms with Gasteiger partial charge in [-0.1, -0.05) is 42.5 Å². The van der Waals surface area contributed by atoms with Gasteiger partial charge in [0.1, 0.15) is 0 Å². The smallest absolute Gasteiger partial charge is 0.258 e. The molecule has 0 fully saturated rings. The van der Waals surface area contributed by atoms with E-state index in [-0.39, 0.29) is 5.91 Å². The number of carbonyl (C=O) groups excluding carboxylic acids is 1. The molecule has 5 nitrogen and oxygen atoms in total. The van der Waals surface area contributed by atoms with E-state index in [1.807, 2.05) is 54.4 Å². The van der Waals surface area contributed by atoms with Gasteiger partial charge in [-0.25, -0.2) is 9.97 Å². The second-order valence-electron chi connectivity index (χ2n) is 5.55. The Bertz CT molecular complexity index is 853. The molecule has 3 rings (SSSR count). The van der Waals surface area contributed by atoms with Crippen LogP contribution < -0.4 is 10.2 Å². The number of halogens is 1. The summed E-state index contributed by atoms with van der Waals surface area (Å²) >= 11 is 3.41. The second kappa shape index (κ2) is 7.90. The average molecular weight is 397 g/mol. The highest BCUT2D eigenvalue weighted by Gasteiger charge is 2.11. The predicted molar refractivity (Wildman–Crippen MR) is 103 cm³/mol. The normalized spacial score (nSPS) is 10.3. The maximum absolute atomic E-state index is 12.3.